The summed E-state index contributed by atoms with van der Waals surface area (Å²) in [5.74, 6) is 0.874. The fourth-order valence-corrected chi connectivity index (χ4v) is 4.05. The Labute approximate surface area is 169 Å². The zero-order valence-electron chi connectivity index (χ0n) is 17.3. The second kappa shape index (κ2) is 10.1. The van der Waals surface area contributed by atoms with Gasteiger partial charge in [-0.05, 0) is 55.4 Å². The summed E-state index contributed by atoms with van der Waals surface area (Å²) >= 11 is 6.32. The maximum atomic E-state index is 11.9. The van der Waals surface area contributed by atoms with Crippen LogP contribution in [-0.2, 0) is 10.3 Å². The monoisotopic (exact) mass is 397 g/mol. The lowest BCUT2D eigenvalue weighted by atomic mass is 9.74. The first kappa shape index (κ1) is 22.5. The van der Waals surface area contributed by atoms with Gasteiger partial charge >= 0.3 is 0 Å². The number of methoxy groups -OCH3 is 1. The van der Waals surface area contributed by atoms with E-state index in [0.717, 1.165) is 43.5 Å². The minimum Gasteiger partial charge on any atom is -0.493 e. The fourth-order valence-electron chi connectivity index (χ4n) is 3.76. The van der Waals surface area contributed by atoms with Crippen LogP contribution in [0.3, 0.4) is 0 Å². The first-order chi connectivity index (χ1) is 12.8. The van der Waals surface area contributed by atoms with Gasteiger partial charge in [-0.25, -0.2) is 4.42 Å². The van der Waals surface area contributed by atoms with Gasteiger partial charge in [-0.15, -0.1) is 0 Å². The molecule has 1 aliphatic heterocycles. The Morgan fingerprint density at radius 3 is 2.63 bits per heavy atom. The molecule has 1 N–H and O–H groups in total. The van der Waals surface area contributed by atoms with Gasteiger partial charge in [-0.1, -0.05) is 39.0 Å². The standard InChI is InChI=1S/C22H36ClNO3/c1-21(2,3)17-27-20-12-6-5-11-19(20)22(25,13-7-8-15-26-4)18-10-9-14-24(23)16-18/h5-6,11-12,18,25H,7-10,13-17H2,1-4H3/t18-,22+/m1/s1. The molecule has 0 saturated carbocycles. The largest absolute Gasteiger partial charge is 0.493 e. The number of unbranched alkanes of at least 4 members (excludes halogenated alkanes) is 1. The van der Waals surface area contributed by atoms with E-state index in [1.165, 1.54) is 0 Å². The number of aliphatic hydroxyl groups is 1. The van der Waals surface area contributed by atoms with Gasteiger partial charge in [-0.2, -0.15) is 0 Å². The fraction of sp³-hybridized carbons (Fsp3) is 0.727. The number of para-hydroxylation sites is 1. The van der Waals surface area contributed by atoms with Crippen LogP contribution in [0.5, 0.6) is 5.75 Å². The summed E-state index contributed by atoms with van der Waals surface area (Å²) in [4.78, 5) is 0. The lowest BCUT2D eigenvalue weighted by Gasteiger charge is -2.41. The SMILES string of the molecule is COCCCC[C@@](O)(c1ccccc1OCC(C)(C)C)[C@@H]1CCCN(Cl)C1. The molecule has 0 aliphatic carbocycles. The van der Waals surface area contributed by atoms with Gasteiger partial charge in [0.2, 0.25) is 0 Å². The summed E-state index contributed by atoms with van der Waals surface area (Å²) in [6.45, 7) is 9.34. The zero-order chi connectivity index (χ0) is 19.9. The molecular formula is C22H36ClNO3. The molecular weight excluding hydrogens is 362 g/mol. The van der Waals surface area contributed by atoms with Gasteiger partial charge in [0.1, 0.15) is 5.75 Å². The third-order valence-corrected chi connectivity index (χ3v) is 5.52. The molecule has 5 heteroatoms. The Bertz CT molecular complexity index is 575. The van der Waals surface area contributed by atoms with Crippen molar-refractivity contribution in [3.05, 3.63) is 29.8 Å². The van der Waals surface area contributed by atoms with Crippen LogP contribution in [0.2, 0.25) is 0 Å². The summed E-state index contributed by atoms with van der Waals surface area (Å²) in [6, 6.07) is 7.95. The molecule has 0 bridgehead atoms. The minimum atomic E-state index is -0.949. The van der Waals surface area contributed by atoms with Gasteiger partial charge in [0.05, 0.1) is 12.2 Å². The minimum absolute atomic E-state index is 0.0570. The molecule has 2 rings (SSSR count). The highest BCUT2D eigenvalue weighted by molar-refractivity contribution is 6.13. The van der Waals surface area contributed by atoms with Crippen molar-refractivity contribution in [2.24, 2.45) is 11.3 Å². The van der Waals surface area contributed by atoms with Gasteiger partial charge in [-0.3, -0.25) is 0 Å². The number of piperidine rings is 1. The highest BCUT2D eigenvalue weighted by atomic mass is 35.5. The van der Waals surface area contributed by atoms with Crippen molar-refractivity contribution in [2.75, 3.05) is 33.4 Å². The van der Waals surface area contributed by atoms with Gasteiger partial charge in [0.15, 0.2) is 0 Å². The Hall–Kier alpha value is -0.810. The second-order valence-corrected chi connectivity index (χ2v) is 9.41. The first-order valence-electron chi connectivity index (χ1n) is 10.1. The summed E-state index contributed by atoms with van der Waals surface area (Å²) < 4.78 is 13.2. The number of nitrogens with zero attached hydrogens (tertiary/aromatic N) is 1. The predicted octanol–water partition coefficient (Wildman–Crippen LogP) is 4.98. The van der Waals surface area contributed by atoms with Crippen molar-refractivity contribution < 1.29 is 14.6 Å². The van der Waals surface area contributed by atoms with E-state index >= 15 is 0 Å². The topological polar surface area (TPSA) is 41.9 Å². The molecule has 4 nitrogen and oxygen atoms in total. The van der Waals surface area contributed by atoms with E-state index in [1.54, 1.807) is 7.11 Å². The molecule has 0 amide bonds. The number of hydrogen-bond donors (Lipinski definition) is 1. The van der Waals surface area contributed by atoms with E-state index in [-0.39, 0.29) is 11.3 Å². The molecule has 2 atom stereocenters. The highest BCUT2D eigenvalue weighted by Crippen LogP contribution is 2.43. The maximum Gasteiger partial charge on any atom is 0.125 e. The normalized spacial score (nSPS) is 21.0. The van der Waals surface area contributed by atoms with Gasteiger partial charge in [0.25, 0.3) is 0 Å². The first-order valence-corrected chi connectivity index (χ1v) is 10.4. The summed E-state index contributed by atoms with van der Waals surface area (Å²) in [5, 5.41) is 11.9. The van der Waals surface area contributed by atoms with E-state index in [4.69, 9.17) is 21.3 Å². The van der Waals surface area contributed by atoms with Crippen LogP contribution in [0.1, 0.15) is 58.4 Å². The van der Waals surface area contributed by atoms with Crippen LogP contribution in [0, 0.1) is 11.3 Å². The molecule has 0 unspecified atom stereocenters. The molecule has 1 aromatic carbocycles. The van der Waals surface area contributed by atoms with Crippen LogP contribution in [0.25, 0.3) is 0 Å². The molecule has 27 heavy (non-hydrogen) atoms. The number of halogens is 1. The molecule has 0 radical (unpaired) electrons. The Balaban J connectivity index is 2.29. The number of rotatable bonds is 9. The van der Waals surface area contributed by atoms with E-state index in [1.807, 2.05) is 28.7 Å². The quantitative estimate of drug-likeness (QED) is 0.471. The number of ether oxygens (including phenoxy) is 2. The molecule has 0 aromatic heterocycles. The van der Waals surface area contributed by atoms with Crippen LogP contribution < -0.4 is 4.74 Å². The lowest BCUT2D eigenvalue weighted by Crippen LogP contribution is -2.44. The van der Waals surface area contributed by atoms with Crippen molar-refractivity contribution in [1.82, 2.24) is 4.42 Å². The summed E-state index contributed by atoms with van der Waals surface area (Å²) in [5.41, 5.74) is 0.000633. The van der Waals surface area contributed by atoms with Crippen molar-refractivity contribution in [2.45, 2.75) is 58.5 Å². The Kier molecular flexibility index (Phi) is 8.41. The average molecular weight is 398 g/mol. The molecule has 154 valence electrons. The van der Waals surface area contributed by atoms with E-state index in [9.17, 15) is 5.11 Å². The highest BCUT2D eigenvalue weighted by Gasteiger charge is 2.41. The molecule has 1 heterocycles. The number of hydrogen-bond acceptors (Lipinski definition) is 4. The van der Waals surface area contributed by atoms with Crippen molar-refractivity contribution in [1.29, 1.82) is 0 Å². The van der Waals surface area contributed by atoms with Crippen LogP contribution in [0.15, 0.2) is 24.3 Å². The van der Waals surface area contributed by atoms with Crippen LogP contribution in [0.4, 0.5) is 0 Å². The average Bonchev–Trinajstić information content (AvgIpc) is 2.63. The van der Waals surface area contributed by atoms with Crippen LogP contribution >= 0.6 is 11.8 Å². The lowest BCUT2D eigenvalue weighted by molar-refractivity contribution is -0.0544. The molecule has 1 saturated heterocycles. The number of benzene rings is 1. The Morgan fingerprint density at radius 1 is 1.22 bits per heavy atom. The third-order valence-electron chi connectivity index (χ3n) is 5.22. The van der Waals surface area contributed by atoms with Crippen molar-refractivity contribution in [3.63, 3.8) is 0 Å². The molecule has 1 aromatic rings. The van der Waals surface area contributed by atoms with Crippen molar-refractivity contribution >= 4 is 11.8 Å². The van der Waals surface area contributed by atoms with Gasteiger partial charge in [0, 0.05) is 38.3 Å². The van der Waals surface area contributed by atoms with Crippen molar-refractivity contribution in [3.8, 4) is 5.75 Å². The third kappa shape index (κ3) is 6.63. The predicted molar refractivity (Wildman–Crippen MR) is 111 cm³/mol. The summed E-state index contributed by atoms with van der Waals surface area (Å²) in [7, 11) is 1.72. The van der Waals surface area contributed by atoms with Gasteiger partial charge < -0.3 is 14.6 Å². The van der Waals surface area contributed by atoms with E-state index in [0.29, 0.717) is 26.2 Å². The Morgan fingerprint density at radius 2 is 1.96 bits per heavy atom. The second-order valence-electron chi connectivity index (χ2n) is 8.93. The molecule has 1 aliphatic rings. The van der Waals surface area contributed by atoms with E-state index < -0.39 is 5.60 Å². The molecule has 0 spiro atoms. The zero-order valence-corrected chi connectivity index (χ0v) is 18.1. The summed E-state index contributed by atoms with van der Waals surface area (Å²) in [6.07, 6.45) is 4.48. The maximum absolute atomic E-state index is 11.9. The smallest absolute Gasteiger partial charge is 0.125 e. The van der Waals surface area contributed by atoms with E-state index in [2.05, 4.69) is 20.8 Å². The molecule has 1 fully saturated rings. The van der Waals surface area contributed by atoms with Crippen LogP contribution in [-0.4, -0.2) is 42.9 Å².